The molecule has 0 radical (unpaired) electrons. The third-order valence-electron chi connectivity index (χ3n) is 5.31. The van der Waals surface area contributed by atoms with Crippen LogP contribution in [-0.2, 0) is 6.54 Å². The first-order valence-electron chi connectivity index (χ1n) is 9.52. The minimum absolute atomic E-state index is 0.187. The molecule has 1 N–H and O–H groups in total. The van der Waals surface area contributed by atoms with E-state index in [-0.39, 0.29) is 11.9 Å². The van der Waals surface area contributed by atoms with E-state index >= 15 is 0 Å². The van der Waals surface area contributed by atoms with Gasteiger partial charge in [-0.3, -0.25) is 9.78 Å². The fourth-order valence-electron chi connectivity index (χ4n) is 3.58. The molecule has 7 nitrogen and oxygen atoms in total. The number of rotatable bonds is 5. The molecule has 0 aliphatic heterocycles. The van der Waals surface area contributed by atoms with Gasteiger partial charge >= 0.3 is 0 Å². The fraction of sp³-hybridized carbons (Fsp3) is 0.381. The molecule has 1 atom stereocenters. The van der Waals surface area contributed by atoms with Crippen LogP contribution < -0.4 is 5.32 Å². The van der Waals surface area contributed by atoms with E-state index in [0.717, 1.165) is 47.5 Å². The average Bonchev–Trinajstić information content (AvgIpc) is 3.47. The van der Waals surface area contributed by atoms with Crippen LogP contribution >= 0.6 is 0 Å². The zero-order valence-corrected chi connectivity index (χ0v) is 16.2. The molecule has 1 saturated carbocycles. The average molecular weight is 374 g/mol. The summed E-state index contributed by atoms with van der Waals surface area (Å²) in [4.78, 5) is 26.0. The van der Waals surface area contributed by atoms with Crippen molar-refractivity contribution in [3.63, 3.8) is 0 Å². The van der Waals surface area contributed by atoms with Crippen molar-refractivity contribution in [3.05, 3.63) is 52.9 Å². The van der Waals surface area contributed by atoms with E-state index in [9.17, 15) is 10.1 Å². The maximum Gasteiger partial charge on any atom is 0.272 e. The number of hydrogen-bond acceptors (Lipinski definition) is 5. The van der Waals surface area contributed by atoms with Crippen molar-refractivity contribution in [3.8, 4) is 6.07 Å². The molecule has 0 bridgehead atoms. The first kappa shape index (κ1) is 18.1. The molecule has 2 aromatic heterocycles. The van der Waals surface area contributed by atoms with Crippen LogP contribution in [0.15, 0.2) is 24.5 Å². The van der Waals surface area contributed by atoms with Gasteiger partial charge in [0.2, 0.25) is 0 Å². The third-order valence-corrected chi connectivity index (χ3v) is 5.31. The summed E-state index contributed by atoms with van der Waals surface area (Å²) in [7, 11) is 0. The Kier molecular flexibility index (Phi) is 4.55. The van der Waals surface area contributed by atoms with Gasteiger partial charge in [-0.2, -0.15) is 5.26 Å². The zero-order valence-electron chi connectivity index (χ0n) is 16.2. The molecule has 2 heterocycles. The van der Waals surface area contributed by atoms with E-state index < -0.39 is 0 Å². The molecule has 1 aromatic carbocycles. The summed E-state index contributed by atoms with van der Waals surface area (Å²) in [5, 5.41) is 12.5. The summed E-state index contributed by atoms with van der Waals surface area (Å²) < 4.78 is 2.13. The Morgan fingerprint density at radius 1 is 1.32 bits per heavy atom. The number of nitriles is 1. The number of nitrogens with zero attached hydrogens (tertiary/aromatic N) is 5. The van der Waals surface area contributed by atoms with E-state index in [1.807, 2.05) is 26.0 Å². The molecule has 1 aliphatic rings. The quantitative estimate of drug-likeness (QED) is 0.740. The van der Waals surface area contributed by atoms with Crippen LogP contribution in [0.25, 0.3) is 11.0 Å². The molecule has 0 spiro atoms. The second kappa shape index (κ2) is 7.04. The van der Waals surface area contributed by atoms with E-state index in [1.54, 1.807) is 6.20 Å². The van der Waals surface area contributed by atoms with Crippen LogP contribution in [0.5, 0.6) is 0 Å². The monoisotopic (exact) mass is 374 g/mol. The van der Waals surface area contributed by atoms with E-state index in [0.29, 0.717) is 17.2 Å². The van der Waals surface area contributed by atoms with Gasteiger partial charge in [-0.05, 0) is 57.2 Å². The molecule has 142 valence electrons. The van der Waals surface area contributed by atoms with Gasteiger partial charge in [0.25, 0.3) is 5.91 Å². The number of amides is 1. The molecule has 28 heavy (non-hydrogen) atoms. The minimum atomic E-state index is -0.242. The number of carbonyl (C=O) groups is 1. The van der Waals surface area contributed by atoms with E-state index in [4.69, 9.17) is 4.98 Å². The number of aryl methyl sites for hydroxylation is 3. The molecule has 1 aliphatic carbocycles. The van der Waals surface area contributed by atoms with Gasteiger partial charge in [-0.25, -0.2) is 9.97 Å². The number of aromatic nitrogens is 4. The molecule has 1 amide bonds. The molecule has 4 rings (SSSR count). The molecular weight excluding hydrogens is 352 g/mol. The predicted octanol–water partition coefficient (Wildman–Crippen LogP) is 3.22. The number of carbonyl (C=O) groups excluding carboxylic acids is 1. The van der Waals surface area contributed by atoms with Gasteiger partial charge in [0.15, 0.2) is 0 Å². The molecule has 3 aromatic rings. The van der Waals surface area contributed by atoms with Crippen molar-refractivity contribution in [2.24, 2.45) is 5.92 Å². The smallest absolute Gasteiger partial charge is 0.272 e. The Balaban J connectivity index is 1.75. The second-order valence-corrected chi connectivity index (χ2v) is 7.26. The summed E-state index contributed by atoms with van der Waals surface area (Å²) >= 11 is 0. The van der Waals surface area contributed by atoms with Crippen LogP contribution in [0.3, 0.4) is 0 Å². The molecule has 1 fully saturated rings. The van der Waals surface area contributed by atoms with E-state index in [1.165, 1.54) is 6.20 Å². The molecule has 0 saturated heterocycles. The highest BCUT2D eigenvalue weighted by atomic mass is 16.2. The van der Waals surface area contributed by atoms with Gasteiger partial charge in [0.05, 0.1) is 40.6 Å². The second-order valence-electron chi connectivity index (χ2n) is 7.26. The topological polar surface area (TPSA) is 96.5 Å². The number of nitrogens with one attached hydrogen (secondary N) is 1. The maximum absolute atomic E-state index is 12.8. The Morgan fingerprint density at radius 2 is 2.11 bits per heavy atom. The predicted molar refractivity (Wildman–Crippen MR) is 105 cm³/mol. The number of benzene rings is 1. The Hall–Kier alpha value is -3.27. The highest BCUT2D eigenvalue weighted by Crippen LogP contribution is 2.42. The van der Waals surface area contributed by atoms with Crippen molar-refractivity contribution in [1.82, 2.24) is 24.8 Å². The highest BCUT2D eigenvalue weighted by molar-refractivity contribution is 5.92. The van der Waals surface area contributed by atoms with Gasteiger partial charge < -0.3 is 9.88 Å². The number of fused-ring (bicyclic) bond motifs is 1. The van der Waals surface area contributed by atoms with Crippen LogP contribution in [-0.4, -0.2) is 25.4 Å². The van der Waals surface area contributed by atoms with Gasteiger partial charge in [-0.15, -0.1) is 0 Å². The minimum Gasteiger partial charge on any atom is -0.340 e. The van der Waals surface area contributed by atoms with Crippen LogP contribution in [0.1, 0.15) is 58.9 Å². The third kappa shape index (κ3) is 3.11. The first-order valence-corrected chi connectivity index (χ1v) is 9.52. The largest absolute Gasteiger partial charge is 0.340 e. The van der Waals surface area contributed by atoms with Gasteiger partial charge in [-0.1, -0.05) is 0 Å². The Labute approximate surface area is 163 Å². The molecule has 0 unspecified atom stereocenters. The Bertz CT molecular complexity index is 1090. The summed E-state index contributed by atoms with van der Waals surface area (Å²) in [6.07, 6.45) is 5.20. The van der Waals surface area contributed by atoms with Gasteiger partial charge in [0, 0.05) is 12.7 Å². The summed E-state index contributed by atoms with van der Waals surface area (Å²) in [6.45, 7) is 6.56. The standard InChI is InChI=1S/C21H22N6O/c1-4-27-17-8-7-15(9-22)13(3)18(17)25-20(27)19(14-5-6-14)26-21(28)16-11-23-12(2)10-24-16/h7-8,10-11,14,19H,4-6H2,1-3H3,(H,26,28)/t19-/m0/s1. The molecule has 7 heteroatoms. The van der Waals surface area contributed by atoms with Crippen molar-refractivity contribution in [2.75, 3.05) is 0 Å². The normalized spacial score (nSPS) is 14.6. The van der Waals surface area contributed by atoms with Crippen LogP contribution in [0.4, 0.5) is 0 Å². The number of imidazole rings is 1. The number of hydrogen-bond donors (Lipinski definition) is 1. The van der Waals surface area contributed by atoms with Crippen molar-refractivity contribution in [1.29, 1.82) is 5.26 Å². The van der Waals surface area contributed by atoms with Gasteiger partial charge in [0.1, 0.15) is 11.5 Å². The molecular formula is C21H22N6O. The SMILES string of the molecule is CCn1c([C@@H](NC(=O)c2cnc(C)cn2)C2CC2)nc2c(C)c(C#N)ccc21. The van der Waals surface area contributed by atoms with Crippen molar-refractivity contribution in [2.45, 2.75) is 46.2 Å². The lowest BCUT2D eigenvalue weighted by molar-refractivity contribution is 0.0923. The first-order chi connectivity index (χ1) is 13.5. The zero-order chi connectivity index (χ0) is 19.8. The Morgan fingerprint density at radius 3 is 2.71 bits per heavy atom. The highest BCUT2D eigenvalue weighted by Gasteiger charge is 2.37. The van der Waals surface area contributed by atoms with Crippen LogP contribution in [0.2, 0.25) is 0 Å². The van der Waals surface area contributed by atoms with Crippen molar-refractivity contribution < 1.29 is 4.79 Å². The van der Waals surface area contributed by atoms with Crippen molar-refractivity contribution >= 4 is 16.9 Å². The summed E-state index contributed by atoms with van der Waals surface area (Å²) in [5.74, 6) is 0.959. The maximum atomic E-state index is 12.8. The lowest BCUT2D eigenvalue weighted by atomic mass is 10.1. The lowest BCUT2D eigenvalue weighted by Crippen LogP contribution is -2.32. The lowest BCUT2D eigenvalue weighted by Gasteiger charge is -2.19. The van der Waals surface area contributed by atoms with E-state index in [2.05, 4.69) is 32.8 Å². The summed E-state index contributed by atoms with van der Waals surface area (Å²) in [5.41, 5.74) is 4.39. The summed E-state index contributed by atoms with van der Waals surface area (Å²) in [6, 6.07) is 5.81. The fourth-order valence-corrected chi connectivity index (χ4v) is 3.58. The van der Waals surface area contributed by atoms with Crippen LogP contribution in [0, 0.1) is 31.1 Å².